The van der Waals surface area contributed by atoms with Crippen LogP contribution >= 0.6 is 7.60 Å². The standard InChI is InChI=1S/C12H19N2O7P/c1-7-5-14(12(16)13-11(7)15)9-3-4-10(21-9)20-8(2)6-22(17,18)19/h5,8-10H,3-4,6H2,1-2H3,(H,13,15,16)(H2,17,18,19)/t8-,9-,10-/m1/s1. The zero-order valence-electron chi connectivity index (χ0n) is 12.3. The highest BCUT2D eigenvalue weighted by Gasteiger charge is 2.30. The Morgan fingerprint density at radius 3 is 2.82 bits per heavy atom. The summed E-state index contributed by atoms with van der Waals surface area (Å²) in [5, 5.41) is 0. The lowest BCUT2D eigenvalue weighted by Crippen LogP contribution is -2.33. The van der Waals surface area contributed by atoms with E-state index in [0.717, 1.165) is 0 Å². The summed E-state index contributed by atoms with van der Waals surface area (Å²) in [5.74, 6) is 0. The van der Waals surface area contributed by atoms with Crippen LogP contribution in [0.4, 0.5) is 0 Å². The number of ether oxygens (including phenoxy) is 2. The fourth-order valence-electron chi connectivity index (χ4n) is 2.33. The molecular formula is C12H19N2O7P. The Morgan fingerprint density at radius 1 is 1.50 bits per heavy atom. The molecule has 0 spiro atoms. The van der Waals surface area contributed by atoms with E-state index >= 15 is 0 Å². The maximum Gasteiger partial charge on any atom is 0.330 e. The van der Waals surface area contributed by atoms with Gasteiger partial charge >= 0.3 is 13.3 Å². The summed E-state index contributed by atoms with van der Waals surface area (Å²) in [7, 11) is -4.15. The molecule has 0 aliphatic carbocycles. The quantitative estimate of drug-likeness (QED) is 0.649. The van der Waals surface area contributed by atoms with Crippen LogP contribution in [-0.4, -0.2) is 37.9 Å². The van der Waals surface area contributed by atoms with Crippen LogP contribution in [0.1, 0.15) is 31.6 Å². The molecule has 1 aliphatic rings. The second-order valence-corrected chi connectivity index (χ2v) is 7.06. The van der Waals surface area contributed by atoms with Crippen molar-refractivity contribution in [2.24, 2.45) is 0 Å². The van der Waals surface area contributed by atoms with E-state index in [0.29, 0.717) is 18.4 Å². The van der Waals surface area contributed by atoms with Crippen LogP contribution in [0.2, 0.25) is 0 Å². The maximum absolute atomic E-state index is 11.8. The van der Waals surface area contributed by atoms with Crippen molar-refractivity contribution in [3.63, 3.8) is 0 Å². The van der Waals surface area contributed by atoms with Gasteiger partial charge in [-0.2, -0.15) is 0 Å². The van der Waals surface area contributed by atoms with Crippen molar-refractivity contribution < 1.29 is 23.8 Å². The van der Waals surface area contributed by atoms with Crippen LogP contribution < -0.4 is 11.2 Å². The topological polar surface area (TPSA) is 131 Å². The molecule has 3 N–H and O–H groups in total. The molecule has 0 unspecified atom stereocenters. The number of H-pyrrole nitrogens is 1. The normalized spacial score (nSPS) is 23.6. The first-order valence-corrected chi connectivity index (χ1v) is 8.63. The Kier molecular flexibility index (Phi) is 5.03. The first-order chi connectivity index (χ1) is 10.2. The van der Waals surface area contributed by atoms with Crippen molar-refractivity contribution in [3.05, 3.63) is 32.6 Å². The van der Waals surface area contributed by atoms with Crippen molar-refractivity contribution in [1.29, 1.82) is 0 Å². The van der Waals surface area contributed by atoms with Gasteiger partial charge in [-0.15, -0.1) is 0 Å². The van der Waals surface area contributed by atoms with Crippen LogP contribution in [-0.2, 0) is 14.0 Å². The molecule has 2 rings (SSSR count). The van der Waals surface area contributed by atoms with Gasteiger partial charge in [0.2, 0.25) is 0 Å². The molecule has 0 aromatic carbocycles. The molecule has 0 amide bonds. The molecule has 1 fully saturated rings. The molecule has 2 heterocycles. The molecule has 1 aromatic rings. The van der Waals surface area contributed by atoms with Crippen molar-refractivity contribution in [3.8, 4) is 0 Å². The fourth-order valence-corrected chi connectivity index (χ4v) is 3.09. The van der Waals surface area contributed by atoms with Crippen LogP contribution in [0, 0.1) is 6.92 Å². The maximum atomic E-state index is 11.8. The van der Waals surface area contributed by atoms with E-state index in [9.17, 15) is 14.2 Å². The highest BCUT2D eigenvalue weighted by molar-refractivity contribution is 7.51. The van der Waals surface area contributed by atoms with E-state index in [1.54, 1.807) is 13.8 Å². The minimum Gasteiger partial charge on any atom is -0.349 e. The third-order valence-corrected chi connectivity index (χ3v) is 4.28. The predicted octanol–water partition coefficient (Wildman–Crippen LogP) is 0.0629. The molecule has 10 heteroatoms. The molecule has 0 saturated carbocycles. The average Bonchev–Trinajstić information content (AvgIpc) is 2.79. The van der Waals surface area contributed by atoms with Gasteiger partial charge in [0.1, 0.15) is 6.23 Å². The lowest BCUT2D eigenvalue weighted by Gasteiger charge is -2.20. The van der Waals surface area contributed by atoms with Gasteiger partial charge in [-0.25, -0.2) is 4.79 Å². The van der Waals surface area contributed by atoms with Gasteiger partial charge in [0.25, 0.3) is 5.56 Å². The van der Waals surface area contributed by atoms with Gasteiger partial charge in [0.15, 0.2) is 6.29 Å². The third kappa shape index (κ3) is 4.37. The highest BCUT2D eigenvalue weighted by atomic mass is 31.2. The largest absolute Gasteiger partial charge is 0.349 e. The third-order valence-electron chi connectivity index (χ3n) is 3.29. The van der Waals surface area contributed by atoms with Crippen molar-refractivity contribution in [2.45, 2.75) is 45.3 Å². The minimum absolute atomic E-state index is 0.391. The first-order valence-electron chi connectivity index (χ1n) is 6.83. The first kappa shape index (κ1) is 17.1. The van der Waals surface area contributed by atoms with Gasteiger partial charge < -0.3 is 19.3 Å². The average molecular weight is 334 g/mol. The molecule has 0 bridgehead atoms. The predicted molar refractivity (Wildman–Crippen MR) is 76.7 cm³/mol. The Morgan fingerprint density at radius 2 is 2.18 bits per heavy atom. The molecule has 1 saturated heterocycles. The Bertz CT molecular complexity index is 691. The number of aromatic amines is 1. The summed E-state index contributed by atoms with van der Waals surface area (Å²) in [6.45, 7) is 3.13. The summed E-state index contributed by atoms with van der Waals surface area (Å²) in [6.07, 6.45) is 0.127. The van der Waals surface area contributed by atoms with Crippen molar-refractivity contribution in [1.82, 2.24) is 9.55 Å². The zero-order valence-corrected chi connectivity index (χ0v) is 13.2. The number of nitrogens with zero attached hydrogens (tertiary/aromatic N) is 1. The molecular weight excluding hydrogens is 315 g/mol. The molecule has 22 heavy (non-hydrogen) atoms. The summed E-state index contributed by atoms with van der Waals surface area (Å²) < 4.78 is 23.2. The van der Waals surface area contributed by atoms with Crippen molar-refractivity contribution >= 4 is 7.60 Å². The Balaban J connectivity index is 2.01. The number of rotatable bonds is 5. The summed E-state index contributed by atoms with van der Waals surface area (Å²) in [6, 6.07) is 0. The lowest BCUT2D eigenvalue weighted by atomic mass is 10.3. The molecule has 0 radical (unpaired) electrons. The smallest absolute Gasteiger partial charge is 0.330 e. The highest BCUT2D eigenvalue weighted by Crippen LogP contribution is 2.37. The van der Waals surface area contributed by atoms with E-state index in [-0.39, 0.29) is 0 Å². The van der Waals surface area contributed by atoms with Crippen LogP contribution in [0.25, 0.3) is 0 Å². The number of aryl methyl sites for hydroxylation is 1. The molecule has 9 nitrogen and oxygen atoms in total. The van der Waals surface area contributed by atoms with Gasteiger partial charge in [-0.1, -0.05) is 0 Å². The number of hydrogen-bond donors (Lipinski definition) is 3. The van der Waals surface area contributed by atoms with E-state index in [1.165, 1.54) is 10.8 Å². The molecule has 1 aromatic heterocycles. The molecule has 124 valence electrons. The van der Waals surface area contributed by atoms with Crippen LogP contribution in [0.5, 0.6) is 0 Å². The second kappa shape index (κ2) is 6.47. The minimum atomic E-state index is -4.15. The van der Waals surface area contributed by atoms with Gasteiger partial charge in [-0.3, -0.25) is 18.9 Å². The lowest BCUT2D eigenvalue weighted by molar-refractivity contribution is -0.168. The SMILES string of the molecule is Cc1cn([C@H]2CC[C@H](O[C@H](C)CP(=O)(O)O)O2)c(=O)[nH]c1=O. The Labute approximate surface area is 126 Å². The monoisotopic (exact) mass is 334 g/mol. The van der Waals surface area contributed by atoms with Gasteiger partial charge in [-0.05, 0) is 20.3 Å². The number of aromatic nitrogens is 2. The summed E-state index contributed by atoms with van der Waals surface area (Å²) in [4.78, 5) is 43.1. The molecule has 1 aliphatic heterocycles. The van der Waals surface area contributed by atoms with Crippen LogP contribution in [0.3, 0.4) is 0 Å². The number of nitrogens with one attached hydrogen (secondary N) is 1. The summed E-state index contributed by atoms with van der Waals surface area (Å²) in [5.41, 5.74) is -0.616. The van der Waals surface area contributed by atoms with E-state index in [2.05, 4.69) is 4.98 Å². The van der Waals surface area contributed by atoms with E-state index in [4.69, 9.17) is 19.3 Å². The van der Waals surface area contributed by atoms with E-state index in [1.807, 2.05) is 0 Å². The van der Waals surface area contributed by atoms with Crippen molar-refractivity contribution in [2.75, 3.05) is 6.16 Å². The number of hydrogen-bond acceptors (Lipinski definition) is 5. The fraction of sp³-hybridized carbons (Fsp3) is 0.667. The molecule has 3 atom stereocenters. The van der Waals surface area contributed by atoms with Gasteiger partial charge in [0.05, 0.1) is 12.3 Å². The van der Waals surface area contributed by atoms with Crippen LogP contribution in [0.15, 0.2) is 15.8 Å². The van der Waals surface area contributed by atoms with E-state index < -0.39 is 43.6 Å². The summed E-state index contributed by atoms with van der Waals surface area (Å²) >= 11 is 0. The van der Waals surface area contributed by atoms with Gasteiger partial charge in [0, 0.05) is 18.2 Å². The Hall–Kier alpha value is -1.25. The zero-order chi connectivity index (χ0) is 16.5. The second-order valence-electron chi connectivity index (χ2n) is 5.37.